The Morgan fingerprint density at radius 1 is 1.32 bits per heavy atom. The number of amides is 1. The van der Waals surface area contributed by atoms with E-state index in [4.69, 9.17) is 15.0 Å². The van der Waals surface area contributed by atoms with Crippen molar-refractivity contribution in [3.63, 3.8) is 0 Å². The number of benzene rings is 1. The van der Waals surface area contributed by atoms with Gasteiger partial charge in [0.2, 0.25) is 17.6 Å². The lowest BCUT2D eigenvalue weighted by molar-refractivity contribution is -0.115. The summed E-state index contributed by atoms with van der Waals surface area (Å²) in [7, 11) is 1.60. The Bertz CT molecular complexity index is 874. The van der Waals surface area contributed by atoms with Crippen LogP contribution in [0.2, 0.25) is 0 Å². The van der Waals surface area contributed by atoms with Crippen molar-refractivity contribution in [2.24, 2.45) is 5.73 Å². The Morgan fingerprint density at radius 3 is 2.72 bits per heavy atom. The number of thioether (sulfide) groups is 1. The van der Waals surface area contributed by atoms with Crippen LogP contribution in [0.3, 0.4) is 0 Å². The predicted octanol–water partition coefficient (Wildman–Crippen LogP) is 1.60. The van der Waals surface area contributed by atoms with Gasteiger partial charge in [-0.3, -0.25) is 9.36 Å². The van der Waals surface area contributed by atoms with Crippen LogP contribution in [0.15, 0.2) is 33.9 Å². The molecule has 9 nitrogen and oxygen atoms in total. The molecule has 0 aliphatic rings. The first kappa shape index (κ1) is 17.0. The molecular formula is C15H16N6O3S. The number of aromatic nitrogens is 5. The van der Waals surface area contributed by atoms with Gasteiger partial charge in [-0.05, 0) is 31.2 Å². The van der Waals surface area contributed by atoms with E-state index in [0.717, 1.165) is 11.3 Å². The predicted molar refractivity (Wildman–Crippen MR) is 90.9 cm³/mol. The smallest absolute Gasteiger partial charge is 0.296 e. The van der Waals surface area contributed by atoms with Crippen molar-refractivity contribution in [1.29, 1.82) is 0 Å². The Hall–Kier alpha value is -2.88. The Morgan fingerprint density at radius 2 is 2.08 bits per heavy atom. The molecule has 0 fully saturated rings. The quantitative estimate of drug-likeness (QED) is 0.630. The van der Waals surface area contributed by atoms with Crippen molar-refractivity contribution in [2.75, 3.05) is 12.9 Å². The number of rotatable bonds is 7. The summed E-state index contributed by atoms with van der Waals surface area (Å²) in [5.74, 6) is 1.59. The number of methoxy groups -OCH3 is 1. The summed E-state index contributed by atoms with van der Waals surface area (Å²) in [6, 6.07) is 7.31. The van der Waals surface area contributed by atoms with E-state index in [9.17, 15) is 4.79 Å². The maximum Gasteiger partial charge on any atom is 0.296 e. The number of ether oxygens (including phenoxy) is 1. The van der Waals surface area contributed by atoms with Crippen molar-refractivity contribution in [1.82, 2.24) is 24.9 Å². The van der Waals surface area contributed by atoms with Crippen molar-refractivity contribution < 1.29 is 14.1 Å². The second-order valence-electron chi connectivity index (χ2n) is 4.96. The van der Waals surface area contributed by atoms with E-state index >= 15 is 0 Å². The molecule has 3 aromatic rings. The minimum absolute atomic E-state index is 0.124. The molecule has 0 atom stereocenters. The van der Waals surface area contributed by atoms with Gasteiger partial charge in [0.1, 0.15) is 5.75 Å². The summed E-state index contributed by atoms with van der Waals surface area (Å²) >= 11 is 1.21. The summed E-state index contributed by atoms with van der Waals surface area (Å²) in [6.07, 6.45) is 0. The molecular weight excluding hydrogens is 344 g/mol. The van der Waals surface area contributed by atoms with Crippen molar-refractivity contribution in [2.45, 2.75) is 18.6 Å². The lowest BCUT2D eigenvalue weighted by Crippen LogP contribution is -2.13. The van der Waals surface area contributed by atoms with Crippen LogP contribution in [0.25, 0.3) is 23.1 Å². The average molecular weight is 360 g/mol. The summed E-state index contributed by atoms with van der Waals surface area (Å²) in [5.41, 5.74) is 5.96. The van der Waals surface area contributed by atoms with E-state index in [1.54, 1.807) is 11.7 Å². The largest absolute Gasteiger partial charge is 0.497 e. The Labute approximate surface area is 147 Å². The zero-order chi connectivity index (χ0) is 17.8. The highest BCUT2D eigenvalue weighted by Gasteiger charge is 2.20. The zero-order valence-electron chi connectivity index (χ0n) is 13.7. The number of carbonyl (C=O) groups excluding carboxylic acids is 1. The maximum atomic E-state index is 10.9. The molecule has 0 saturated heterocycles. The number of hydrogen-bond donors (Lipinski definition) is 1. The van der Waals surface area contributed by atoms with Crippen LogP contribution < -0.4 is 10.5 Å². The van der Waals surface area contributed by atoms with Crippen LogP contribution in [0.4, 0.5) is 0 Å². The van der Waals surface area contributed by atoms with Gasteiger partial charge in [-0.2, -0.15) is 4.98 Å². The topological polar surface area (TPSA) is 122 Å². The van der Waals surface area contributed by atoms with Crippen molar-refractivity contribution in [3.05, 3.63) is 24.3 Å². The molecule has 0 radical (unpaired) electrons. The van der Waals surface area contributed by atoms with Gasteiger partial charge in [0, 0.05) is 12.1 Å². The molecule has 0 unspecified atom stereocenters. The fourth-order valence-electron chi connectivity index (χ4n) is 2.15. The number of primary amides is 1. The fourth-order valence-corrected chi connectivity index (χ4v) is 2.89. The third-order valence-electron chi connectivity index (χ3n) is 3.34. The molecule has 2 N–H and O–H groups in total. The SMILES string of the molecule is CCn1c(SCC(N)=O)nnc1-c1nc(-c2ccc(OC)cc2)no1. The van der Waals surface area contributed by atoms with Gasteiger partial charge in [0.25, 0.3) is 5.89 Å². The highest BCUT2D eigenvalue weighted by molar-refractivity contribution is 7.99. The lowest BCUT2D eigenvalue weighted by atomic mass is 10.2. The van der Waals surface area contributed by atoms with E-state index in [-0.39, 0.29) is 11.6 Å². The molecule has 2 aromatic heterocycles. The van der Waals surface area contributed by atoms with Crippen LogP contribution in [-0.2, 0) is 11.3 Å². The first-order valence-electron chi connectivity index (χ1n) is 7.45. The third kappa shape index (κ3) is 3.63. The number of nitrogens with two attached hydrogens (primary N) is 1. The second-order valence-corrected chi connectivity index (χ2v) is 5.90. The third-order valence-corrected chi connectivity index (χ3v) is 4.33. The van der Waals surface area contributed by atoms with E-state index in [1.165, 1.54) is 11.8 Å². The monoisotopic (exact) mass is 360 g/mol. The van der Waals surface area contributed by atoms with E-state index in [0.29, 0.717) is 23.4 Å². The fraction of sp³-hybridized carbons (Fsp3) is 0.267. The van der Waals surface area contributed by atoms with Crippen LogP contribution >= 0.6 is 11.8 Å². The summed E-state index contributed by atoms with van der Waals surface area (Å²) in [4.78, 5) is 15.3. The number of carbonyl (C=O) groups is 1. The molecule has 0 bridgehead atoms. The van der Waals surface area contributed by atoms with Crippen LogP contribution in [0.1, 0.15) is 6.92 Å². The first-order chi connectivity index (χ1) is 12.1. The Balaban J connectivity index is 1.87. The molecule has 0 spiro atoms. The molecule has 1 amide bonds. The molecule has 130 valence electrons. The summed E-state index contributed by atoms with van der Waals surface area (Å²) in [6.45, 7) is 2.52. The van der Waals surface area contributed by atoms with Gasteiger partial charge >= 0.3 is 0 Å². The number of nitrogens with zero attached hydrogens (tertiary/aromatic N) is 5. The van der Waals surface area contributed by atoms with Gasteiger partial charge in [0.15, 0.2) is 5.16 Å². The van der Waals surface area contributed by atoms with Crippen molar-refractivity contribution >= 4 is 17.7 Å². The van der Waals surface area contributed by atoms with Gasteiger partial charge in [-0.1, -0.05) is 16.9 Å². The normalized spacial score (nSPS) is 10.8. The zero-order valence-corrected chi connectivity index (χ0v) is 14.5. The molecule has 0 aliphatic carbocycles. The molecule has 2 heterocycles. The maximum absolute atomic E-state index is 10.9. The molecule has 3 rings (SSSR count). The molecule has 0 aliphatic heterocycles. The standard InChI is InChI=1S/C15H16N6O3S/c1-3-21-13(18-19-15(21)25-8-11(16)22)14-17-12(20-24-14)9-4-6-10(23-2)7-5-9/h4-7H,3,8H2,1-2H3,(H2,16,22). The average Bonchev–Trinajstić information content (AvgIpc) is 3.26. The van der Waals surface area contributed by atoms with Crippen LogP contribution in [0, 0.1) is 0 Å². The first-order valence-corrected chi connectivity index (χ1v) is 8.43. The summed E-state index contributed by atoms with van der Waals surface area (Å²) in [5, 5.41) is 12.7. The van der Waals surface area contributed by atoms with Gasteiger partial charge in [-0.15, -0.1) is 10.2 Å². The van der Waals surface area contributed by atoms with Crippen LogP contribution in [0.5, 0.6) is 5.75 Å². The van der Waals surface area contributed by atoms with Crippen molar-refractivity contribution in [3.8, 4) is 28.9 Å². The van der Waals surface area contributed by atoms with E-state index in [2.05, 4.69) is 20.3 Å². The van der Waals surface area contributed by atoms with Gasteiger partial charge < -0.3 is 15.0 Å². The van der Waals surface area contributed by atoms with Gasteiger partial charge in [0.05, 0.1) is 12.9 Å². The van der Waals surface area contributed by atoms with E-state index < -0.39 is 5.91 Å². The highest BCUT2D eigenvalue weighted by Crippen LogP contribution is 2.25. The molecule has 0 saturated carbocycles. The highest BCUT2D eigenvalue weighted by atomic mass is 32.2. The molecule has 1 aromatic carbocycles. The molecule has 10 heteroatoms. The minimum atomic E-state index is -0.420. The van der Waals surface area contributed by atoms with E-state index in [1.807, 2.05) is 31.2 Å². The minimum Gasteiger partial charge on any atom is -0.497 e. The lowest BCUT2D eigenvalue weighted by Gasteiger charge is -2.03. The summed E-state index contributed by atoms with van der Waals surface area (Å²) < 4.78 is 12.2. The Kier molecular flexibility index (Phi) is 4.98. The molecule has 25 heavy (non-hydrogen) atoms. The van der Waals surface area contributed by atoms with Gasteiger partial charge in [-0.25, -0.2) is 0 Å². The number of hydrogen-bond acceptors (Lipinski definition) is 8. The second kappa shape index (κ2) is 7.34. The van der Waals surface area contributed by atoms with Crippen LogP contribution in [-0.4, -0.2) is 43.7 Å².